The van der Waals surface area contributed by atoms with Crippen molar-refractivity contribution in [3.63, 3.8) is 0 Å². The summed E-state index contributed by atoms with van der Waals surface area (Å²) in [7, 11) is 0. The van der Waals surface area contributed by atoms with Crippen molar-refractivity contribution < 1.29 is 23.8 Å². The summed E-state index contributed by atoms with van der Waals surface area (Å²) in [6.07, 6.45) is 4.74. The first-order valence-electron chi connectivity index (χ1n) is 15.0. The molecule has 0 saturated carbocycles. The molecule has 2 aliphatic heterocycles. The standard InChI is InChI=1S/C35H37N3O5/c39-32(25-42-31-17-8-14-29-15-9-19-36-33(29)31)38-21-23-43-35(26-38)18-7-6-13-28-12-4-5-16-30(28)41-22-20-37(34(35)40)24-27-10-2-1-3-11-27/h1-5,8-12,14-17,19H,6-7,13,18,20-26H2. The van der Waals surface area contributed by atoms with Crippen LogP contribution in [-0.4, -0.2) is 71.7 Å². The van der Waals surface area contributed by atoms with Crippen molar-refractivity contribution in [3.05, 3.63) is 102 Å². The van der Waals surface area contributed by atoms with Gasteiger partial charge in [-0.05, 0) is 55.0 Å². The van der Waals surface area contributed by atoms with E-state index >= 15 is 0 Å². The van der Waals surface area contributed by atoms with Crippen LogP contribution in [-0.2, 0) is 27.3 Å². The molecule has 0 radical (unpaired) electrons. The van der Waals surface area contributed by atoms with Crippen LogP contribution in [0.4, 0.5) is 0 Å². The molecule has 1 saturated heterocycles. The number of amides is 2. The first-order valence-corrected chi connectivity index (χ1v) is 15.0. The van der Waals surface area contributed by atoms with Crippen molar-refractivity contribution in [2.45, 2.75) is 37.8 Å². The molecule has 3 heterocycles. The summed E-state index contributed by atoms with van der Waals surface area (Å²) in [6, 6.07) is 27.6. The van der Waals surface area contributed by atoms with Crippen molar-refractivity contribution in [2.75, 3.05) is 39.5 Å². The zero-order valence-electron chi connectivity index (χ0n) is 24.3. The third-order valence-corrected chi connectivity index (χ3v) is 8.25. The quantitative estimate of drug-likeness (QED) is 0.329. The number of fused-ring (bicyclic) bond motifs is 2. The number of carbonyl (C=O) groups excluding carboxylic acids is 2. The average molecular weight is 580 g/mol. The van der Waals surface area contributed by atoms with Gasteiger partial charge in [-0.2, -0.15) is 0 Å². The maximum absolute atomic E-state index is 14.5. The first-order chi connectivity index (χ1) is 21.1. The number of aryl methyl sites for hydroxylation is 1. The van der Waals surface area contributed by atoms with Crippen LogP contribution in [0.1, 0.15) is 30.4 Å². The number of carbonyl (C=O) groups is 2. The highest BCUT2D eigenvalue weighted by Gasteiger charge is 2.46. The Morgan fingerprint density at radius 2 is 1.74 bits per heavy atom. The lowest BCUT2D eigenvalue weighted by Gasteiger charge is -2.44. The van der Waals surface area contributed by atoms with Crippen LogP contribution >= 0.6 is 0 Å². The van der Waals surface area contributed by atoms with Crippen molar-refractivity contribution >= 4 is 22.7 Å². The molecule has 1 spiro atoms. The van der Waals surface area contributed by atoms with Gasteiger partial charge in [0, 0.05) is 24.7 Å². The number of benzene rings is 3. The number of rotatable bonds is 5. The predicted molar refractivity (Wildman–Crippen MR) is 164 cm³/mol. The molecular formula is C35H37N3O5. The summed E-state index contributed by atoms with van der Waals surface area (Å²) in [6.45, 7) is 1.93. The molecular weight excluding hydrogens is 542 g/mol. The van der Waals surface area contributed by atoms with Crippen LogP contribution in [0.25, 0.3) is 10.9 Å². The fourth-order valence-electron chi connectivity index (χ4n) is 6.00. The molecule has 3 aromatic carbocycles. The molecule has 222 valence electrons. The second-order valence-corrected chi connectivity index (χ2v) is 11.2. The fourth-order valence-corrected chi connectivity index (χ4v) is 6.00. The van der Waals surface area contributed by atoms with Gasteiger partial charge in [0.25, 0.3) is 11.8 Å². The Labute approximate surface area is 252 Å². The summed E-state index contributed by atoms with van der Waals surface area (Å²) in [5, 5.41) is 0.946. The summed E-state index contributed by atoms with van der Waals surface area (Å²) in [4.78, 5) is 35.9. The number of aromatic nitrogens is 1. The molecule has 2 aliphatic rings. The van der Waals surface area contributed by atoms with Crippen LogP contribution in [0.2, 0.25) is 0 Å². The van der Waals surface area contributed by atoms with Gasteiger partial charge in [-0.15, -0.1) is 0 Å². The predicted octanol–water partition coefficient (Wildman–Crippen LogP) is 5.05. The van der Waals surface area contributed by atoms with Crippen LogP contribution in [0.15, 0.2) is 91.1 Å². The normalized spacial score (nSPS) is 19.7. The van der Waals surface area contributed by atoms with E-state index in [1.807, 2.05) is 83.8 Å². The van der Waals surface area contributed by atoms with Crippen molar-refractivity contribution in [2.24, 2.45) is 0 Å². The number of pyridine rings is 1. The number of morpholine rings is 1. The van der Waals surface area contributed by atoms with E-state index in [1.165, 1.54) is 5.56 Å². The smallest absolute Gasteiger partial charge is 0.260 e. The first kappa shape index (κ1) is 28.7. The van der Waals surface area contributed by atoms with Crippen LogP contribution in [0.5, 0.6) is 11.5 Å². The monoisotopic (exact) mass is 579 g/mol. The minimum atomic E-state index is -1.14. The molecule has 6 rings (SSSR count). The van der Waals surface area contributed by atoms with Crippen LogP contribution < -0.4 is 9.47 Å². The third-order valence-electron chi connectivity index (χ3n) is 8.25. The Morgan fingerprint density at radius 3 is 2.65 bits per heavy atom. The Kier molecular flexibility index (Phi) is 8.84. The van der Waals surface area contributed by atoms with Gasteiger partial charge in [0.1, 0.15) is 23.6 Å². The molecule has 2 amide bonds. The Morgan fingerprint density at radius 1 is 0.907 bits per heavy atom. The van der Waals surface area contributed by atoms with E-state index < -0.39 is 5.60 Å². The number of hydrogen-bond donors (Lipinski definition) is 0. The van der Waals surface area contributed by atoms with Crippen molar-refractivity contribution in [3.8, 4) is 11.5 Å². The molecule has 43 heavy (non-hydrogen) atoms. The van der Waals surface area contributed by atoms with Gasteiger partial charge in [-0.25, -0.2) is 0 Å². The van der Waals surface area contributed by atoms with Gasteiger partial charge in [0.15, 0.2) is 12.2 Å². The van der Waals surface area contributed by atoms with Gasteiger partial charge in [0.2, 0.25) is 0 Å². The molecule has 0 N–H and O–H groups in total. The Bertz CT molecular complexity index is 1560. The molecule has 1 atom stereocenters. The molecule has 1 fully saturated rings. The zero-order valence-corrected chi connectivity index (χ0v) is 24.3. The molecule has 8 heteroatoms. The molecule has 8 nitrogen and oxygen atoms in total. The van der Waals surface area contributed by atoms with Gasteiger partial charge < -0.3 is 24.0 Å². The number of nitrogens with zero attached hydrogens (tertiary/aromatic N) is 3. The number of hydrogen-bond acceptors (Lipinski definition) is 6. The number of para-hydroxylation sites is 2. The highest BCUT2D eigenvalue weighted by atomic mass is 16.5. The lowest BCUT2D eigenvalue weighted by molar-refractivity contribution is -0.177. The van der Waals surface area contributed by atoms with E-state index in [0.29, 0.717) is 43.9 Å². The number of ether oxygens (including phenoxy) is 3. The largest absolute Gasteiger partial charge is 0.491 e. The van der Waals surface area contributed by atoms with Gasteiger partial charge in [-0.3, -0.25) is 14.6 Å². The fraction of sp³-hybridized carbons (Fsp3) is 0.343. The molecule has 1 unspecified atom stereocenters. The highest BCUT2D eigenvalue weighted by molar-refractivity contribution is 5.88. The SMILES string of the molecule is O=C(COc1cccc2cccnc12)N1CCOC2(CCCCc3ccccc3OCCN(Cc3ccccc3)C2=O)C1. The average Bonchev–Trinajstić information content (AvgIpc) is 3.05. The lowest BCUT2D eigenvalue weighted by atomic mass is 9.90. The summed E-state index contributed by atoms with van der Waals surface area (Å²) >= 11 is 0. The zero-order chi connectivity index (χ0) is 29.5. The lowest BCUT2D eigenvalue weighted by Crippen LogP contribution is -2.62. The van der Waals surface area contributed by atoms with E-state index in [0.717, 1.165) is 36.0 Å². The van der Waals surface area contributed by atoms with E-state index in [2.05, 4.69) is 11.1 Å². The molecule has 0 bridgehead atoms. The van der Waals surface area contributed by atoms with Gasteiger partial charge in [-0.1, -0.05) is 66.7 Å². The van der Waals surface area contributed by atoms with E-state index in [9.17, 15) is 9.59 Å². The summed E-state index contributed by atoms with van der Waals surface area (Å²) < 4.78 is 18.6. The Balaban J connectivity index is 1.22. The topological polar surface area (TPSA) is 81.2 Å². The molecule has 4 aromatic rings. The van der Waals surface area contributed by atoms with Crippen LogP contribution in [0, 0.1) is 0 Å². The maximum Gasteiger partial charge on any atom is 0.260 e. The minimum absolute atomic E-state index is 0.106. The van der Waals surface area contributed by atoms with Gasteiger partial charge in [0.05, 0.1) is 19.7 Å². The maximum atomic E-state index is 14.5. The Hall–Kier alpha value is -4.43. The molecule has 1 aromatic heterocycles. The molecule has 0 aliphatic carbocycles. The summed E-state index contributed by atoms with van der Waals surface area (Å²) in [5.41, 5.74) is 1.77. The van der Waals surface area contributed by atoms with Gasteiger partial charge >= 0.3 is 0 Å². The van der Waals surface area contributed by atoms with E-state index in [-0.39, 0.29) is 31.6 Å². The minimum Gasteiger partial charge on any atom is -0.491 e. The van der Waals surface area contributed by atoms with E-state index in [4.69, 9.17) is 14.2 Å². The van der Waals surface area contributed by atoms with Crippen LogP contribution in [0.3, 0.4) is 0 Å². The summed E-state index contributed by atoms with van der Waals surface area (Å²) in [5.74, 6) is 1.15. The van der Waals surface area contributed by atoms with E-state index in [1.54, 1.807) is 11.1 Å². The van der Waals surface area contributed by atoms with Crippen molar-refractivity contribution in [1.29, 1.82) is 0 Å². The second kappa shape index (κ2) is 13.3. The second-order valence-electron chi connectivity index (χ2n) is 11.2. The third kappa shape index (κ3) is 6.65. The van der Waals surface area contributed by atoms with Crippen molar-refractivity contribution in [1.82, 2.24) is 14.8 Å². The highest BCUT2D eigenvalue weighted by Crippen LogP contribution is 2.31.